The van der Waals surface area contributed by atoms with E-state index >= 15 is 0 Å². The van der Waals surface area contributed by atoms with Gasteiger partial charge in [-0.25, -0.2) is 0 Å². The van der Waals surface area contributed by atoms with Gasteiger partial charge in [0.2, 0.25) is 0 Å². The smallest absolute Gasteiger partial charge is 0.123 e. The lowest BCUT2D eigenvalue weighted by Crippen LogP contribution is -2.28. The number of nitrogens with zero attached hydrogens (tertiary/aromatic N) is 2. The normalized spacial score (nSPS) is 10.3. The molecule has 0 saturated heterocycles. The van der Waals surface area contributed by atoms with Crippen LogP contribution in [0.5, 0.6) is 5.75 Å². The van der Waals surface area contributed by atoms with Crippen LogP contribution in [0.15, 0.2) is 18.2 Å². The van der Waals surface area contributed by atoms with Gasteiger partial charge in [-0.3, -0.25) is 0 Å². The molecular formula is C16H25N3O. The van der Waals surface area contributed by atoms with Crippen molar-refractivity contribution in [2.75, 3.05) is 30.3 Å². The summed E-state index contributed by atoms with van der Waals surface area (Å²) in [7, 11) is 0. The molecule has 0 unspecified atom stereocenters. The van der Waals surface area contributed by atoms with E-state index in [1.807, 2.05) is 18.2 Å². The summed E-state index contributed by atoms with van der Waals surface area (Å²) >= 11 is 0. The molecule has 4 heteroatoms. The van der Waals surface area contributed by atoms with Crippen LogP contribution >= 0.6 is 0 Å². The number of ether oxygens (including phenoxy) is 1. The first kappa shape index (κ1) is 16.2. The van der Waals surface area contributed by atoms with Crippen molar-refractivity contribution < 1.29 is 4.74 Å². The summed E-state index contributed by atoms with van der Waals surface area (Å²) in [5.41, 5.74) is 7.68. The molecule has 0 bridgehead atoms. The minimum atomic E-state index is 0.507. The molecule has 110 valence electrons. The fourth-order valence-corrected chi connectivity index (χ4v) is 2.04. The first-order chi connectivity index (χ1) is 9.56. The minimum absolute atomic E-state index is 0.507. The Bertz CT molecular complexity index is 452. The number of hydrogen-bond acceptors (Lipinski definition) is 4. The van der Waals surface area contributed by atoms with Gasteiger partial charge in [0.15, 0.2) is 0 Å². The van der Waals surface area contributed by atoms with Crippen molar-refractivity contribution >= 4 is 11.4 Å². The molecule has 0 aliphatic heterocycles. The highest BCUT2D eigenvalue weighted by Crippen LogP contribution is 2.26. The second-order valence-electron chi connectivity index (χ2n) is 5.36. The van der Waals surface area contributed by atoms with E-state index in [0.717, 1.165) is 24.4 Å². The zero-order chi connectivity index (χ0) is 15.0. The van der Waals surface area contributed by atoms with Gasteiger partial charge in [0.25, 0.3) is 0 Å². The van der Waals surface area contributed by atoms with Crippen molar-refractivity contribution in [1.29, 1.82) is 5.26 Å². The number of nitriles is 1. The summed E-state index contributed by atoms with van der Waals surface area (Å²) < 4.78 is 5.66. The quantitative estimate of drug-likeness (QED) is 0.738. The van der Waals surface area contributed by atoms with Crippen LogP contribution < -0.4 is 15.4 Å². The number of hydrogen-bond donors (Lipinski definition) is 1. The van der Waals surface area contributed by atoms with Crippen LogP contribution in [0.1, 0.15) is 33.6 Å². The maximum absolute atomic E-state index is 8.80. The molecule has 0 heterocycles. The Morgan fingerprint density at radius 1 is 1.35 bits per heavy atom. The van der Waals surface area contributed by atoms with Gasteiger partial charge in [-0.2, -0.15) is 5.26 Å². The molecule has 0 aliphatic carbocycles. The molecular weight excluding hydrogens is 250 g/mol. The third kappa shape index (κ3) is 5.40. The molecule has 0 aliphatic rings. The van der Waals surface area contributed by atoms with E-state index in [1.54, 1.807) is 0 Å². The molecule has 4 nitrogen and oxygen atoms in total. The maximum Gasteiger partial charge on any atom is 0.123 e. The van der Waals surface area contributed by atoms with Crippen LogP contribution in [0.4, 0.5) is 11.4 Å². The largest absolute Gasteiger partial charge is 0.493 e. The fraction of sp³-hybridized carbons (Fsp3) is 0.562. The van der Waals surface area contributed by atoms with Crippen LogP contribution in [0.3, 0.4) is 0 Å². The highest BCUT2D eigenvalue weighted by Gasteiger charge is 2.10. The zero-order valence-corrected chi connectivity index (χ0v) is 12.7. The van der Waals surface area contributed by atoms with Crippen LogP contribution in [0.2, 0.25) is 0 Å². The molecule has 0 aromatic heterocycles. The van der Waals surface area contributed by atoms with Gasteiger partial charge in [0.05, 0.1) is 19.1 Å². The van der Waals surface area contributed by atoms with Gasteiger partial charge in [0, 0.05) is 36.6 Å². The molecule has 1 rings (SSSR count). The van der Waals surface area contributed by atoms with E-state index in [0.29, 0.717) is 31.2 Å². The van der Waals surface area contributed by atoms with Gasteiger partial charge in [-0.1, -0.05) is 20.8 Å². The lowest BCUT2D eigenvalue weighted by atomic mass is 10.1. The first-order valence-corrected chi connectivity index (χ1v) is 7.22. The fourth-order valence-electron chi connectivity index (χ4n) is 2.04. The SMILES string of the molecule is CCCOc1cc(N)cc(N(CCC#N)CC(C)C)c1. The Kier molecular flexibility index (Phi) is 6.72. The Morgan fingerprint density at radius 2 is 2.10 bits per heavy atom. The average Bonchev–Trinajstić information content (AvgIpc) is 2.40. The first-order valence-electron chi connectivity index (χ1n) is 7.22. The van der Waals surface area contributed by atoms with E-state index < -0.39 is 0 Å². The minimum Gasteiger partial charge on any atom is -0.493 e. The maximum atomic E-state index is 8.80. The Labute approximate surface area is 122 Å². The molecule has 1 aromatic rings. The number of benzene rings is 1. The summed E-state index contributed by atoms with van der Waals surface area (Å²) in [6.07, 6.45) is 1.47. The molecule has 2 N–H and O–H groups in total. The molecule has 20 heavy (non-hydrogen) atoms. The van der Waals surface area contributed by atoms with E-state index in [4.69, 9.17) is 15.7 Å². The summed E-state index contributed by atoms with van der Waals surface area (Å²) in [6.45, 7) is 8.71. The predicted octanol–water partition coefficient (Wildman–Crippen LogP) is 3.43. The van der Waals surface area contributed by atoms with Crippen LogP contribution in [-0.4, -0.2) is 19.7 Å². The second-order valence-corrected chi connectivity index (χ2v) is 5.36. The van der Waals surface area contributed by atoms with Gasteiger partial charge in [0.1, 0.15) is 5.75 Å². The van der Waals surface area contributed by atoms with Crippen molar-refractivity contribution in [3.63, 3.8) is 0 Å². The van der Waals surface area contributed by atoms with E-state index in [2.05, 4.69) is 31.7 Å². The lowest BCUT2D eigenvalue weighted by Gasteiger charge is -2.26. The van der Waals surface area contributed by atoms with Gasteiger partial charge < -0.3 is 15.4 Å². The molecule has 0 saturated carbocycles. The summed E-state index contributed by atoms with van der Waals surface area (Å²) in [6, 6.07) is 7.99. The molecule has 1 aromatic carbocycles. The van der Waals surface area contributed by atoms with Gasteiger partial charge >= 0.3 is 0 Å². The number of rotatable bonds is 8. The highest BCUT2D eigenvalue weighted by atomic mass is 16.5. The molecule has 0 spiro atoms. The van der Waals surface area contributed by atoms with Crippen LogP contribution in [0.25, 0.3) is 0 Å². The van der Waals surface area contributed by atoms with Crippen molar-refractivity contribution in [1.82, 2.24) is 0 Å². The second kappa shape index (κ2) is 8.31. The standard InChI is InChI=1S/C16H25N3O/c1-4-8-20-16-10-14(18)9-15(11-16)19(7-5-6-17)12-13(2)3/h9-11,13H,4-5,7-8,12,18H2,1-3H3. The third-order valence-electron chi connectivity index (χ3n) is 2.83. The lowest BCUT2D eigenvalue weighted by molar-refractivity contribution is 0.317. The highest BCUT2D eigenvalue weighted by molar-refractivity contribution is 5.60. The third-order valence-corrected chi connectivity index (χ3v) is 2.83. The van der Waals surface area contributed by atoms with E-state index in [-0.39, 0.29) is 0 Å². The van der Waals surface area contributed by atoms with Crippen molar-refractivity contribution in [2.45, 2.75) is 33.6 Å². The monoisotopic (exact) mass is 275 g/mol. The topological polar surface area (TPSA) is 62.3 Å². The molecule has 0 amide bonds. The van der Waals surface area contributed by atoms with Gasteiger partial charge in [-0.15, -0.1) is 0 Å². The predicted molar refractivity (Wildman–Crippen MR) is 83.9 cm³/mol. The summed E-state index contributed by atoms with van der Waals surface area (Å²) in [5, 5.41) is 8.80. The van der Waals surface area contributed by atoms with Crippen LogP contribution in [-0.2, 0) is 0 Å². The average molecular weight is 275 g/mol. The van der Waals surface area contributed by atoms with Crippen LogP contribution in [0, 0.1) is 17.2 Å². The van der Waals surface area contributed by atoms with E-state index in [9.17, 15) is 0 Å². The molecule has 0 atom stereocenters. The van der Waals surface area contributed by atoms with Crippen molar-refractivity contribution in [2.24, 2.45) is 5.92 Å². The summed E-state index contributed by atoms with van der Waals surface area (Å²) in [5.74, 6) is 1.32. The number of nitrogen functional groups attached to an aromatic ring is 1. The Hall–Kier alpha value is -1.89. The van der Waals surface area contributed by atoms with E-state index in [1.165, 1.54) is 0 Å². The van der Waals surface area contributed by atoms with Crippen molar-refractivity contribution in [3.8, 4) is 11.8 Å². The molecule has 0 radical (unpaired) electrons. The number of nitrogens with two attached hydrogens (primary N) is 1. The zero-order valence-electron chi connectivity index (χ0n) is 12.7. The van der Waals surface area contributed by atoms with Gasteiger partial charge in [-0.05, 0) is 18.4 Å². The molecule has 0 fully saturated rings. The Balaban J connectivity index is 2.93. The van der Waals surface area contributed by atoms with Crippen molar-refractivity contribution in [3.05, 3.63) is 18.2 Å². The number of anilines is 2. The Morgan fingerprint density at radius 3 is 2.70 bits per heavy atom. The summed E-state index contributed by atoms with van der Waals surface area (Å²) in [4.78, 5) is 2.20.